The van der Waals surface area contributed by atoms with E-state index < -0.39 is 44.5 Å². The van der Waals surface area contributed by atoms with Gasteiger partial charge in [-0.3, -0.25) is 14.2 Å². The van der Waals surface area contributed by atoms with Gasteiger partial charge in [-0.15, -0.1) is 0 Å². The van der Waals surface area contributed by atoms with Crippen LogP contribution in [-0.4, -0.2) is 35.4 Å². The predicted octanol–water partition coefficient (Wildman–Crippen LogP) is 8.82. The lowest BCUT2D eigenvalue weighted by Gasteiger charge is -2.10. The molecule has 5 rings (SSSR count). The summed E-state index contributed by atoms with van der Waals surface area (Å²) in [5, 5.41) is 0.691. The van der Waals surface area contributed by atoms with Crippen LogP contribution in [0.4, 0.5) is 8.78 Å². The molecular weight excluding hydrogens is 653 g/mol. The van der Waals surface area contributed by atoms with Gasteiger partial charge in [-0.05, 0) is 48.4 Å². The molecule has 0 aliphatic heterocycles. The second-order valence-electron chi connectivity index (χ2n) is 9.73. The number of hydrogen-bond acceptors (Lipinski definition) is 5. The van der Waals surface area contributed by atoms with E-state index >= 15 is 8.78 Å². The molecular formula is C32H25Cl3F2N2O4S. The third kappa shape index (κ3) is 6.42. The van der Waals surface area contributed by atoms with E-state index in [1.807, 2.05) is 0 Å². The quantitative estimate of drug-likeness (QED) is 0.153. The molecule has 0 saturated carbocycles. The molecule has 0 aliphatic rings. The third-order valence-electron chi connectivity index (χ3n) is 6.75. The Balaban J connectivity index is 0.00000442. The Labute approximate surface area is 268 Å². The molecule has 6 nitrogen and oxygen atoms in total. The monoisotopic (exact) mass is 676 g/mol. The van der Waals surface area contributed by atoms with Gasteiger partial charge in [-0.1, -0.05) is 73.4 Å². The molecule has 44 heavy (non-hydrogen) atoms. The number of carbonyl (C=O) groups excluding carboxylic acids is 2. The summed E-state index contributed by atoms with van der Waals surface area (Å²) in [7, 11) is -3.71. The molecule has 0 saturated heterocycles. The van der Waals surface area contributed by atoms with Crippen molar-refractivity contribution in [2.24, 2.45) is 0 Å². The number of pyridine rings is 1. The van der Waals surface area contributed by atoms with Crippen LogP contribution in [0.3, 0.4) is 0 Å². The molecule has 2 heterocycles. The summed E-state index contributed by atoms with van der Waals surface area (Å²) in [5.41, 5.74) is -0.411. The first-order valence-electron chi connectivity index (χ1n) is 12.9. The summed E-state index contributed by atoms with van der Waals surface area (Å²) < 4.78 is 56.6. The van der Waals surface area contributed by atoms with E-state index in [1.54, 1.807) is 43.3 Å². The van der Waals surface area contributed by atoms with E-state index in [0.29, 0.717) is 22.6 Å². The van der Waals surface area contributed by atoms with Crippen molar-refractivity contribution in [3.8, 4) is 11.1 Å². The number of ketones is 1. The standard InChI is InChI=1S/C31H21Cl3F2N2O4S.CH4/c1-2-12-43(41,42)16-18-8-11-25(35)27(28(18)36)29(39)22-15-38(31(40)26-23(33)4-3-5-24(26)34)30-21(22)13-19(14-37-30)17-6-9-20(32)10-7-17;/h3-11,13-15H,2,12,16H2,1H3;1H4. The zero-order valence-electron chi connectivity index (χ0n) is 22.4. The van der Waals surface area contributed by atoms with Crippen molar-refractivity contribution in [2.75, 3.05) is 5.75 Å². The highest BCUT2D eigenvalue weighted by atomic mass is 35.5. The SMILES string of the molecule is C.CCCS(=O)(=O)Cc1ccc(F)c(C(=O)c2cn(C(=O)c3c(Cl)cccc3Cl)c3ncc(-c4ccc(Cl)cc4)cc23)c1F. The zero-order valence-corrected chi connectivity index (χ0v) is 25.5. The maximum atomic E-state index is 15.7. The number of fused-ring (bicyclic) bond motifs is 1. The zero-order chi connectivity index (χ0) is 31.1. The summed E-state index contributed by atoms with van der Waals surface area (Å²) in [4.78, 5) is 32.0. The molecule has 0 bridgehead atoms. The number of nitrogens with zero attached hydrogens (tertiary/aromatic N) is 2. The van der Waals surface area contributed by atoms with Crippen molar-refractivity contribution in [3.63, 3.8) is 0 Å². The van der Waals surface area contributed by atoms with Crippen molar-refractivity contribution >= 4 is 67.4 Å². The second-order valence-corrected chi connectivity index (χ2v) is 13.2. The number of sulfone groups is 1. The smallest absolute Gasteiger partial charge is 0.266 e. The van der Waals surface area contributed by atoms with E-state index in [4.69, 9.17) is 34.8 Å². The maximum Gasteiger partial charge on any atom is 0.266 e. The van der Waals surface area contributed by atoms with Crippen LogP contribution in [0.5, 0.6) is 0 Å². The highest BCUT2D eigenvalue weighted by Gasteiger charge is 2.29. The van der Waals surface area contributed by atoms with E-state index in [2.05, 4.69) is 4.98 Å². The first kappa shape index (κ1) is 33.3. The van der Waals surface area contributed by atoms with E-state index in [9.17, 15) is 18.0 Å². The van der Waals surface area contributed by atoms with Gasteiger partial charge in [0.05, 0.1) is 38.2 Å². The van der Waals surface area contributed by atoms with E-state index in [-0.39, 0.29) is 50.9 Å². The van der Waals surface area contributed by atoms with Crippen LogP contribution >= 0.6 is 34.8 Å². The minimum atomic E-state index is -3.71. The van der Waals surface area contributed by atoms with Gasteiger partial charge < -0.3 is 0 Å². The Morgan fingerprint density at radius 1 is 0.909 bits per heavy atom. The average molecular weight is 678 g/mol. The number of rotatable bonds is 8. The van der Waals surface area contributed by atoms with Crippen LogP contribution in [0.25, 0.3) is 22.2 Å². The van der Waals surface area contributed by atoms with Gasteiger partial charge in [0.15, 0.2) is 9.84 Å². The Morgan fingerprint density at radius 2 is 1.57 bits per heavy atom. The van der Waals surface area contributed by atoms with Crippen molar-refractivity contribution < 1.29 is 26.8 Å². The number of carbonyl (C=O) groups is 2. The van der Waals surface area contributed by atoms with Gasteiger partial charge in [-0.2, -0.15) is 0 Å². The molecule has 3 aromatic carbocycles. The number of hydrogen-bond donors (Lipinski definition) is 0. The van der Waals surface area contributed by atoms with Gasteiger partial charge in [-0.25, -0.2) is 22.2 Å². The summed E-state index contributed by atoms with van der Waals surface area (Å²) in [5.74, 6) is -5.24. The summed E-state index contributed by atoms with van der Waals surface area (Å²) >= 11 is 18.6. The molecule has 228 valence electrons. The van der Waals surface area contributed by atoms with Gasteiger partial charge in [0.25, 0.3) is 5.91 Å². The van der Waals surface area contributed by atoms with Gasteiger partial charge >= 0.3 is 0 Å². The number of aromatic nitrogens is 2. The lowest BCUT2D eigenvalue weighted by molar-refractivity contribution is 0.0964. The molecule has 0 unspecified atom stereocenters. The van der Waals surface area contributed by atoms with Crippen LogP contribution in [-0.2, 0) is 15.6 Å². The first-order valence-corrected chi connectivity index (χ1v) is 15.8. The average Bonchev–Trinajstić information content (AvgIpc) is 3.34. The van der Waals surface area contributed by atoms with Gasteiger partial charge in [0.1, 0.15) is 17.3 Å². The van der Waals surface area contributed by atoms with Gasteiger partial charge in [0.2, 0.25) is 5.78 Å². The topological polar surface area (TPSA) is 86.1 Å². The lowest BCUT2D eigenvalue weighted by Crippen LogP contribution is -2.14. The first-order chi connectivity index (χ1) is 20.4. The maximum absolute atomic E-state index is 15.7. The Bertz CT molecular complexity index is 2010. The molecule has 0 atom stereocenters. The number of halogens is 5. The Hall–Kier alpha value is -3.63. The van der Waals surface area contributed by atoms with E-state index in [0.717, 1.165) is 22.9 Å². The van der Waals surface area contributed by atoms with Crippen molar-refractivity contribution in [1.29, 1.82) is 0 Å². The second kappa shape index (κ2) is 13.2. The van der Waals surface area contributed by atoms with Crippen LogP contribution < -0.4 is 0 Å². The predicted molar refractivity (Wildman–Crippen MR) is 171 cm³/mol. The van der Waals surface area contributed by atoms with Crippen LogP contribution in [0.2, 0.25) is 15.1 Å². The minimum absolute atomic E-state index is 0. The lowest BCUT2D eigenvalue weighted by atomic mass is 9.99. The van der Waals surface area contributed by atoms with Crippen LogP contribution in [0, 0.1) is 11.6 Å². The highest BCUT2D eigenvalue weighted by Crippen LogP contribution is 2.33. The molecule has 0 amide bonds. The Morgan fingerprint density at radius 3 is 2.20 bits per heavy atom. The van der Waals surface area contributed by atoms with Crippen molar-refractivity contribution in [1.82, 2.24) is 9.55 Å². The molecule has 0 radical (unpaired) electrons. The minimum Gasteiger partial charge on any atom is -0.288 e. The molecule has 0 aliphatic carbocycles. The Kier molecular flexibility index (Phi) is 9.95. The molecule has 0 spiro atoms. The van der Waals surface area contributed by atoms with Gasteiger partial charge in [0, 0.05) is 33.9 Å². The molecule has 12 heteroatoms. The summed E-state index contributed by atoms with van der Waals surface area (Å²) in [6.07, 6.45) is 2.90. The summed E-state index contributed by atoms with van der Waals surface area (Å²) in [6, 6.07) is 14.6. The molecule has 2 aromatic heterocycles. The highest BCUT2D eigenvalue weighted by molar-refractivity contribution is 7.90. The fraction of sp³-hybridized carbons (Fsp3) is 0.156. The normalized spacial score (nSPS) is 11.4. The van der Waals surface area contributed by atoms with E-state index in [1.165, 1.54) is 18.3 Å². The molecule has 0 fully saturated rings. The van der Waals surface area contributed by atoms with Crippen LogP contribution in [0.15, 0.2) is 73.1 Å². The fourth-order valence-corrected chi connectivity index (χ4v) is 6.88. The van der Waals surface area contributed by atoms with Crippen molar-refractivity contribution in [2.45, 2.75) is 26.5 Å². The summed E-state index contributed by atoms with van der Waals surface area (Å²) in [6.45, 7) is 1.66. The van der Waals surface area contributed by atoms with Crippen LogP contribution in [0.1, 0.15) is 52.6 Å². The van der Waals surface area contributed by atoms with Crippen molar-refractivity contribution in [3.05, 3.63) is 122 Å². The molecule has 0 N–H and O–H groups in total. The fourth-order valence-electron chi connectivity index (χ4n) is 4.74. The third-order valence-corrected chi connectivity index (χ3v) is 9.41. The number of benzene rings is 3. The largest absolute Gasteiger partial charge is 0.288 e. The molecule has 5 aromatic rings.